The number of hydrogen-bond donors (Lipinski definition) is 1. The van der Waals surface area contributed by atoms with Crippen molar-refractivity contribution in [3.63, 3.8) is 0 Å². The second-order valence-corrected chi connectivity index (χ2v) is 6.70. The zero-order valence-corrected chi connectivity index (χ0v) is 12.8. The summed E-state index contributed by atoms with van der Waals surface area (Å²) in [4.78, 5) is 11.9. The molecule has 0 bridgehead atoms. The van der Waals surface area contributed by atoms with Crippen LogP contribution >= 0.6 is 15.9 Å². The monoisotopic (exact) mass is 303 g/mol. The molecule has 1 saturated carbocycles. The van der Waals surface area contributed by atoms with Crippen LogP contribution in [0, 0.1) is 11.3 Å². The van der Waals surface area contributed by atoms with Gasteiger partial charge >= 0.3 is 0 Å². The van der Waals surface area contributed by atoms with Crippen molar-refractivity contribution in [1.82, 2.24) is 5.32 Å². The van der Waals surface area contributed by atoms with Gasteiger partial charge in [0.15, 0.2) is 0 Å². The van der Waals surface area contributed by atoms with Crippen LogP contribution in [0.25, 0.3) is 0 Å². The van der Waals surface area contributed by atoms with Crippen molar-refractivity contribution in [2.45, 2.75) is 58.8 Å². The smallest absolute Gasteiger partial charge is 0.220 e. The molecule has 0 spiro atoms. The zero-order valence-electron chi connectivity index (χ0n) is 11.2. The highest BCUT2D eigenvalue weighted by atomic mass is 79.9. The summed E-state index contributed by atoms with van der Waals surface area (Å²) in [7, 11) is 0. The SMILES string of the molecule is CC(C)(CBr)CNC(=O)CC1CCCCCC1. The molecule has 3 heteroatoms. The summed E-state index contributed by atoms with van der Waals surface area (Å²) in [6.07, 6.45) is 8.56. The zero-order chi connectivity index (χ0) is 12.7. The predicted molar refractivity (Wildman–Crippen MR) is 76.4 cm³/mol. The number of amides is 1. The molecule has 0 atom stereocenters. The molecule has 0 unspecified atom stereocenters. The van der Waals surface area contributed by atoms with Crippen LogP contribution in [-0.4, -0.2) is 17.8 Å². The van der Waals surface area contributed by atoms with E-state index in [1.165, 1.54) is 38.5 Å². The first kappa shape index (κ1) is 15.0. The summed E-state index contributed by atoms with van der Waals surface area (Å²) in [5.74, 6) is 0.871. The van der Waals surface area contributed by atoms with Gasteiger partial charge in [-0.1, -0.05) is 55.5 Å². The number of nitrogens with one attached hydrogen (secondary N) is 1. The third-order valence-electron chi connectivity index (χ3n) is 3.57. The summed E-state index contributed by atoms with van der Waals surface area (Å²) >= 11 is 3.48. The van der Waals surface area contributed by atoms with E-state index in [2.05, 4.69) is 35.1 Å². The van der Waals surface area contributed by atoms with Crippen molar-refractivity contribution in [3.8, 4) is 0 Å². The van der Waals surface area contributed by atoms with Gasteiger partial charge in [0.1, 0.15) is 0 Å². The lowest BCUT2D eigenvalue weighted by Crippen LogP contribution is -2.35. The quantitative estimate of drug-likeness (QED) is 0.606. The fourth-order valence-electron chi connectivity index (χ4n) is 2.29. The van der Waals surface area contributed by atoms with Crippen LogP contribution in [-0.2, 0) is 4.79 Å². The van der Waals surface area contributed by atoms with Gasteiger partial charge in [0.05, 0.1) is 0 Å². The standard InChI is InChI=1S/C14H26BrNO/c1-14(2,10-15)11-16-13(17)9-12-7-5-3-4-6-8-12/h12H,3-11H2,1-2H3,(H,16,17). The third kappa shape index (κ3) is 6.44. The van der Waals surface area contributed by atoms with E-state index in [1.807, 2.05) is 0 Å². The van der Waals surface area contributed by atoms with E-state index in [1.54, 1.807) is 0 Å². The van der Waals surface area contributed by atoms with Gasteiger partial charge in [-0.15, -0.1) is 0 Å². The maximum absolute atomic E-state index is 11.9. The molecule has 1 N–H and O–H groups in total. The molecule has 0 aromatic carbocycles. The van der Waals surface area contributed by atoms with Crippen LogP contribution in [0.15, 0.2) is 0 Å². The number of alkyl halides is 1. The lowest BCUT2D eigenvalue weighted by molar-refractivity contribution is -0.122. The summed E-state index contributed by atoms with van der Waals surface area (Å²) in [6.45, 7) is 5.09. The van der Waals surface area contributed by atoms with E-state index in [9.17, 15) is 4.79 Å². The maximum Gasteiger partial charge on any atom is 0.220 e. The van der Waals surface area contributed by atoms with Gasteiger partial charge in [-0.2, -0.15) is 0 Å². The minimum atomic E-state index is 0.152. The van der Waals surface area contributed by atoms with Crippen LogP contribution in [0.1, 0.15) is 58.8 Å². The van der Waals surface area contributed by atoms with Crippen LogP contribution < -0.4 is 5.32 Å². The lowest BCUT2D eigenvalue weighted by Gasteiger charge is -2.22. The van der Waals surface area contributed by atoms with Gasteiger partial charge in [0.2, 0.25) is 5.91 Å². The molecule has 100 valence electrons. The Balaban J connectivity index is 2.24. The number of carbonyl (C=O) groups is 1. The molecule has 1 aliphatic rings. The highest BCUT2D eigenvalue weighted by Gasteiger charge is 2.19. The van der Waals surface area contributed by atoms with Gasteiger partial charge in [-0.3, -0.25) is 4.79 Å². The summed E-state index contributed by atoms with van der Waals surface area (Å²) in [5, 5.41) is 3.99. The average molecular weight is 304 g/mol. The van der Waals surface area contributed by atoms with Crippen LogP contribution in [0.5, 0.6) is 0 Å². The van der Waals surface area contributed by atoms with Gasteiger partial charge in [0.25, 0.3) is 0 Å². The first-order chi connectivity index (χ1) is 8.03. The Morgan fingerprint density at radius 3 is 2.35 bits per heavy atom. The van der Waals surface area contributed by atoms with E-state index >= 15 is 0 Å². The molecule has 1 amide bonds. The van der Waals surface area contributed by atoms with E-state index < -0.39 is 0 Å². The number of rotatable bonds is 5. The van der Waals surface area contributed by atoms with Crippen molar-refractivity contribution in [3.05, 3.63) is 0 Å². The second kappa shape index (κ2) is 7.40. The van der Waals surface area contributed by atoms with Gasteiger partial charge in [-0.25, -0.2) is 0 Å². The fraction of sp³-hybridized carbons (Fsp3) is 0.929. The Hall–Kier alpha value is -0.0500. The molecule has 0 saturated heterocycles. The molecule has 17 heavy (non-hydrogen) atoms. The Morgan fingerprint density at radius 2 is 1.82 bits per heavy atom. The average Bonchev–Trinajstić information content (AvgIpc) is 2.55. The van der Waals surface area contributed by atoms with Crippen molar-refractivity contribution >= 4 is 21.8 Å². The summed E-state index contributed by atoms with van der Waals surface area (Å²) in [6, 6.07) is 0. The van der Waals surface area contributed by atoms with E-state index in [-0.39, 0.29) is 11.3 Å². The van der Waals surface area contributed by atoms with Crippen LogP contribution in [0.2, 0.25) is 0 Å². The highest BCUT2D eigenvalue weighted by Crippen LogP contribution is 2.25. The summed E-state index contributed by atoms with van der Waals surface area (Å²) in [5.41, 5.74) is 0.152. The third-order valence-corrected chi connectivity index (χ3v) is 5.09. The van der Waals surface area contributed by atoms with Crippen LogP contribution in [0.4, 0.5) is 0 Å². The Kier molecular flexibility index (Phi) is 6.53. The Labute approximate surface area is 114 Å². The molecule has 1 fully saturated rings. The van der Waals surface area contributed by atoms with Crippen molar-refractivity contribution in [1.29, 1.82) is 0 Å². The van der Waals surface area contributed by atoms with Gasteiger partial charge in [-0.05, 0) is 24.2 Å². The molecular formula is C14H26BrNO. The number of halogens is 1. The highest BCUT2D eigenvalue weighted by molar-refractivity contribution is 9.09. The Morgan fingerprint density at radius 1 is 1.24 bits per heavy atom. The fourth-order valence-corrected chi connectivity index (χ4v) is 2.49. The molecule has 0 radical (unpaired) electrons. The molecule has 0 heterocycles. The minimum Gasteiger partial charge on any atom is -0.356 e. The lowest BCUT2D eigenvalue weighted by atomic mass is 9.94. The van der Waals surface area contributed by atoms with Crippen LogP contribution in [0.3, 0.4) is 0 Å². The van der Waals surface area contributed by atoms with Crippen molar-refractivity contribution < 1.29 is 4.79 Å². The summed E-state index contributed by atoms with van der Waals surface area (Å²) < 4.78 is 0. The van der Waals surface area contributed by atoms with Crippen molar-refractivity contribution in [2.75, 3.05) is 11.9 Å². The molecular weight excluding hydrogens is 278 g/mol. The maximum atomic E-state index is 11.9. The topological polar surface area (TPSA) is 29.1 Å². The second-order valence-electron chi connectivity index (χ2n) is 6.14. The Bertz CT molecular complexity index is 232. The molecule has 0 aliphatic heterocycles. The first-order valence-electron chi connectivity index (χ1n) is 6.86. The van der Waals surface area contributed by atoms with E-state index in [0.29, 0.717) is 5.92 Å². The van der Waals surface area contributed by atoms with Crippen molar-refractivity contribution in [2.24, 2.45) is 11.3 Å². The number of carbonyl (C=O) groups excluding carboxylic acids is 1. The predicted octanol–water partition coefficient (Wildman–Crippen LogP) is 3.88. The van der Waals surface area contributed by atoms with E-state index in [0.717, 1.165) is 18.3 Å². The molecule has 0 aromatic heterocycles. The molecule has 1 rings (SSSR count). The van der Waals surface area contributed by atoms with Gasteiger partial charge < -0.3 is 5.32 Å². The molecule has 2 nitrogen and oxygen atoms in total. The minimum absolute atomic E-state index is 0.152. The first-order valence-corrected chi connectivity index (χ1v) is 7.98. The largest absolute Gasteiger partial charge is 0.356 e. The number of hydrogen-bond acceptors (Lipinski definition) is 1. The molecule has 1 aliphatic carbocycles. The van der Waals surface area contributed by atoms with E-state index in [4.69, 9.17) is 0 Å². The van der Waals surface area contributed by atoms with Gasteiger partial charge in [0, 0.05) is 18.3 Å². The normalized spacial score (nSPS) is 18.8. The molecule has 0 aromatic rings.